The van der Waals surface area contributed by atoms with Crippen LogP contribution in [0.1, 0.15) is 51.4 Å². The summed E-state index contributed by atoms with van der Waals surface area (Å²) in [4.78, 5) is 10.3. The van der Waals surface area contributed by atoms with Crippen molar-refractivity contribution in [3.05, 3.63) is 0 Å². The van der Waals surface area contributed by atoms with Crippen LogP contribution in [0.15, 0.2) is 0 Å². The number of hydrogen-bond donors (Lipinski definition) is 2. The summed E-state index contributed by atoms with van der Waals surface area (Å²) in [6.45, 7) is 0. The molecule has 2 atom stereocenters. The van der Waals surface area contributed by atoms with E-state index in [0.717, 1.165) is 38.5 Å². The zero-order valence-electron chi connectivity index (χ0n) is 8.61. The number of carboxylic acid groups (broad SMARTS) is 1. The molecule has 14 heavy (non-hydrogen) atoms. The number of carbonyl (C=O) groups is 1. The molecule has 0 spiro atoms. The molecule has 0 bridgehead atoms. The highest BCUT2D eigenvalue weighted by molar-refractivity contribution is 5.66. The van der Waals surface area contributed by atoms with E-state index in [1.54, 1.807) is 0 Å². The average Bonchev–Trinajstić information content (AvgIpc) is 2.12. The minimum absolute atomic E-state index is 0.103. The van der Waals surface area contributed by atoms with Crippen molar-refractivity contribution in [1.82, 2.24) is 0 Å². The van der Waals surface area contributed by atoms with Crippen LogP contribution < -0.4 is 0 Å². The molecule has 3 heteroatoms. The fourth-order valence-electron chi connectivity index (χ4n) is 2.23. The summed E-state index contributed by atoms with van der Waals surface area (Å²) in [5.74, 6) is -0.0683. The van der Waals surface area contributed by atoms with Crippen LogP contribution in [0, 0.1) is 5.92 Å². The van der Waals surface area contributed by atoms with Crippen molar-refractivity contribution in [3.8, 4) is 0 Å². The lowest BCUT2D eigenvalue weighted by molar-refractivity contribution is -0.137. The maximum atomic E-state index is 10.3. The number of aliphatic hydroxyl groups excluding tert-OH is 1. The SMILES string of the molecule is O=C(O)CCCCC1CCCC(O)C1. The summed E-state index contributed by atoms with van der Waals surface area (Å²) in [7, 11) is 0. The van der Waals surface area contributed by atoms with E-state index >= 15 is 0 Å². The Bertz CT molecular complexity index is 179. The molecule has 3 nitrogen and oxygen atoms in total. The number of rotatable bonds is 5. The maximum Gasteiger partial charge on any atom is 0.303 e. The van der Waals surface area contributed by atoms with Crippen molar-refractivity contribution in [2.75, 3.05) is 0 Å². The van der Waals surface area contributed by atoms with Gasteiger partial charge in [0.25, 0.3) is 0 Å². The fraction of sp³-hybridized carbons (Fsp3) is 0.909. The van der Waals surface area contributed by atoms with E-state index in [9.17, 15) is 9.90 Å². The monoisotopic (exact) mass is 200 g/mol. The highest BCUT2D eigenvalue weighted by Crippen LogP contribution is 2.28. The topological polar surface area (TPSA) is 57.5 Å². The van der Waals surface area contributed by atoms with E-state index in [-0.39, 0.29) is 12.5 Å². The fourth-order valence-corrected chi connectivity index (χ4v) is 2.23. The quantitative estimate of drug-likeness (QED) is 0.669. The van der Waals surface area contributed by atoms with Gasteiger partial charge in [-0.05, 0) is 25.2 Å². The second kappa shape index (κ2) is 6.02. The van der Waals surface area contributed by atoms with Gasteiger partial charge in [-0.2, -0.15) is 0 Å². The molecule has 1 rings (SSSR count). The van der Waals surface area contributed by atoms with Gasteiger partial charge in [-0.25, -0.2) is 0 Å². The Morgan fingerprint density at radius 3 is 2.71 bits per heavy atom. The van der Waals surface area contributed by atoms with Crippen LogP contribution >= 0.6 is 0 Å². The first kappa shape index (κ1) is 11.5. The zero-order chi connectivity index (χ0) is 10.4. The minimum Gasteiger partial charge on any atom is -0.481 e. The Kier molecular flexibility index (Phi) is 4.94. The van der Waals surface area contributed by atoms with Crippen molar-refractivity contribution >= 4 is 5.97 Å². The number of aliphatic hydroxyl groups is 1. The molecule has 1 saturated carbocycles. The molecule has 0 radical (unpaired) electrons. The Morgan fingerprint density at radius 1 is 1.29 bits per heavy atom. The van der Waals surface area contributed by atoms with Gasteiger partial charge in [-0.1, -0.05) is 25.7 Å². The average molecular weight is 200 g/mol. The first-order valence-electron chi connectivity index (χ1n) is 5.58. The lowest BCUT2D eigenvalue weighted by Crippen LogP contribution is -2.19. The Balaban J connectivity index is 2.03. The van der Waals surface area contributed by atoms with Crippen molar-refractivity contribution in [3.63, 3.8) is 0 Å². The number of hydrogen-bond acceptors (Lipinski definition) is 2. The molecule has 0 aromatic heterocycles. The van der Waals surface area contributed by atoms with Gasteiger partial charge >= 0.3 is 5.97 Å². The van der Waals surface area contributed by atoms with Crippen LogP contribution in [0.3, 0.4) is 0 Å². The summed E-state index contributed by atoms with van der Waals surface area (Å²) in [5, 5.41) is 17.9. The molecule has 0 aromatic rings. The van der Waals surface area contributed by atoms with E-state index < -0.39 is 5.97 Å². The summed E-state index contributed by atoms with van der Waals surface area (Å²) < 4.78 is 0. The molecule has 2 N–H and O–H groups in total. The first-order valence-corrected chi connectivity index (χ1v) is 5.58. The third kappa shape index (κ3) is 4.61. The Labute approximate surface area is 85.1 Å². The second-order valence-corrected chi connectivity index (χ2v) is 4.33. The van der Waals surface area contributed by atoms with Gasteiger partial charge in [-0.3, -0.25) is 4.79 Å². The molecule has 82 valence electrons. The molecule has 0 aromatic carbocycles. The molecule has 1 aliphatic rings. The zero-order valence-corrected chi connectivity index (χ0v) is 8.61. The van der Waals surface area contributed by atoms with Crippen LogP contribution in [0.5, 0.6) is 0 Å². The van der Waals surface area contributed by atoms with Gasteiger partial charge in [0.15, 0.2) is 0 Å². The molecule has 1 fully saturated rings. The maximum absolute atomic E-state index is 10.3. The van der Waals surface area contributed by atoms with E-state index in [0.29, 0.717) is 5.92 Å². The van der Waals surface area contributed by atoms with E-state index in [4.69, 9.17) is 5.11 Å². The number of aliphatic carboxylic acids is 1. The van der Waals surface area contributed by atoms with Crippen LogP contribution in [-0.4, -0.2) is 22.3 Å². The van der Waals surface area contributed by atoms with Crippen LogP contribution in [-0.2, 0) is 4.79 Å². The van der Waals surface area contributed by atoms with Gasteiger partial charge in [0.2, 0.25) is 0 Å². The van der Waals surface area contributed by atoms with Crippen molar-refractivity contribution < 1.29 is 15.0 Å². The molecule has 0 heterocycles. The van der Waals surface area contributed by atoms with Crippen LogP contribution in [0.25, 0.3) is 0 Å². The lowest BCUT2D eigenvalue weighted by atomic mass is 9.84. The molecular weight excluding hydrogens is 180 g/mol. The predicted octanol–water partition coefficient (Wildman–Crippen LogP) is 2.18. The van der Waals surface area contributed by atoms with Gasteiger partial charge in [0, 0.05) is 6.42 Å². The highest BCUT2D eigenvalue weighted by atomic mass is 16.4. The Morgan fingerprint density at radius 2 is 2.07 bits per heavy atom. The molecule has 1 aliphatic carbocycles. The van der Waals surface area contributed by atoms with Gasteiger partial charge < -0.3 is 10.2 Å². The van der Waals surface area contributed by atoms with E-state index in [1.165, 1.54) is 6.42 Å². The summed E-state index contributed by atoms with van der Waals surface area (Å²) >= 11 is 0. The normalized spacial score (nSPS) is 27.5. The summed E-state index contributed by atoms with van der Waals surface area (Å²) in [6, 6.07) is 0. The van der Waals surface area contributed by atoms with Gasteiger partial charge in [0.05, 0.1) is 6.10 Å². The largest absolute Gasteiger partial charge is 0.481 e. The Hall–Kier alpha value is -0.570. The third-order valence-corrected chi connectivity index (χ3v) is 3.01. The predicted molar refractivity (Wildman–Crippen MR) is 54.1 cm³/mol. The summed E-state index contributed by atoms with van der Waals surface area (Å²) in [5.41, 5.74) is 0. The number of carboxylic acids is 1. The van der Waals surface area contributed by atoms with Crippen molar-refractivity contribution in [2.24, 2.45) is 5.92 Å². The number of unbranched alkanes of at least 4 members (excludes halogenated alkanes) is 1. The molecule has 2 unspecified atom stereocenters. The smallest absolute Gasteiger partial charge is 0.303 e. The van der Waals surface area contributed by atoms with Crippen LogP contribution in [0.4, 0.5) is 0 Å². The van der Waals surface area contributed by atoms with Gasteiger partial charge in [-0.15, -0.1) is 0 Å². The molecule has 0 saturated heterocycles. The molecular formula is C11H20O3. The standard InChI is InChI=1S/C11H20O3/c12-10-6-3-5-9(8-10)4-1-2-7-11(13)14/h9-10,12H,1-8H2,(H,13,14). The van der Waals surface area contributed by atoms with Crippen molar-refractivity contribution in [2.45, 2.75) is 57.5 Å². The minimum atomic E-state index is -0.700. The first-order chi connectivity index (χ1) is 6.68. The summed E-state index contributed by atoms with van der Waals surface area (Å²) in [6.07, 6.45) is 7.26. The van der Waals surface area contributed by atoms with Gasteiger partial charge in [0.1, 0.15) is 0 Å². The molecule has 0 aliphatic heterocycles. The van der Waals surface area contributed by atoms with E-state index in [1.807, 2.05) is 0 Å². The van der Waals surface area contributed by atoms with Crippen molar-refractivity contribution in [1.29, 1.82) is 0 Å². The lowest BCUT2D eigenvalue weighted by Gasteiger charge is -2.25. The third-order valence-electron chi connectivity index (χ3n) is 3.01. The molecule has 0 amide bonds. The second-order valence-electron chi connectivity index (χ2n) is 4.33. The van der Waals surface area contributed by atoms with E-state index in [2.05, 4.69) is 0 Å². The highest BCUT2D eigenvalue weighted by Gasteiger charge is 2.19. The van der Waals surface area contributed by atoms with Crippen LogP contribution in [0.2, 0.25) is 0 Å².